The highest BCUT2D eigenvalue weighted by atomic mass is 19.3. The van der Waals surface area contributed by atoms with Crippen molar-refractivity contribution in [1.82, 2.24) is 4.90 Å². The van der Waals surface area contributed by atoms with Crippen LogP contribution in [0.3, 0.4) is 0 Å². The molecule has 0 atom stereocenters. The summed E-state index contributed by atoms with van der Waals surface area (Å²) < 4.78 is 29.9. The van der Waals surface area contributed by atoms with Gasteiger partial charge >= 0.3 is 6.05 Å². The smallest absolute Gasteiger partial charge is 0.361 e. The van der Waals surface area contributed by atoms with Gasteiger partial charge < -0.3 is 4.74 Å². The average Bonchev–Trinajstić information content (AvgIpc) is 2.06. The topological polar surface area (TPSA) is 29.5 Å². The lowest BCUT2D eigenvalue weighted by Gasteiger charge is -2.30. The Morgan fingerprint density at radius 3 is 2.36 bits per heavy atom. The van der Waals surface area contributed by atoms with Gasteiger partial charge in [-0.1, -0.05) is 0 Å². The minimum atomic E-state index is -3.32. The number of morpholine rings is 1. The second kappa shape index (κ2) is 3.23. The second-order valence-corrected chi connectivity index (χ2v) is 2.31. The third-order valence-corrected chi connectivity index (χ3v) is 1.57. The zero-order valence-electron chi connectivity index (χ0n) is 5.93. The van der Waals surface area contributed by atoms with Crippen LogP contribution in [0, 0.1) is 0 Å². The van der Waals surface area contributed by atoms with E-state index < -0.39 is 6.05 Å². The molecule has 1 aliphatic heterocycles. The molecule has 0 aromatic heterocycles. The molecular weight excluding hydrogens is 156 g/mol. The van der Waals surface area contributed by atoms with Gasteiger partial charge in [-0.25, -0.2) is 4.90 Å². The highest BCUT2D eigenvalue weighted by Crippen LogP contribution is 2.17. The summed E-state index contributed by atoms with van der Waals surface area (Å²) in [6, 6.07) is -3.32. The Labute approximate surface area is 62.9 Å². The van der Waals surface area contributed by atoms with E-state index in [0.29, 0.717) is 0 Å². The number of hydrogen-bond donors (Lipinski definition) is 0. The molecular formula is C6H9F2NO2. The SMILES string of the molecule is O=CC(F)(F)N1CCOCC1. The van der Waals surface area contributed by atoms with Crippen LogP contribution in [0.15, 0.2) is 0 Å². The Hall–Kier alpha value is -0.550. The molecule has 1 saturated heterocycles. The highest BCUT2D eigenvalue weighted by Gasteiger charge is 2.37. The molecule has 1 aliphatic rings. The largest absolute Gasteiger partial charge is 0.379 e. The number of carbonyl (C=O) groups excluding carboxylic acids is 1. The van der Waals surface area contributed by atoms with Crippen LogP contribution in [-0.4, -0.2) is 43.5 Å². The molecule has 11 heavy (non-hydrogen) atoms. The Morgan fingerprint density at radius 2 is 1.91 bits per heavy atom. The van der Waals surface area contributed by atoms with Crippen LogP contribution in [0.25, 0.3) is 0 Å². The fourth-order valence-corrected chi connectivity index (χ4v) is 0.936. The molecule has 1 heterocycles. The molecule has 1 fully saturated rings. The van der Waals surface area contributed by atoms with Gasteiger partial charge in [0.25, 0.3) is 0 Å². The molecule has 0 aromatic rings. The van der Waals surface area contributed by atoms with E-state index in [1.807, 2.05) is 0 Å². The van der Waals surface area contributed by atoms with Gasteiger partial charge in [0.15, 0.2) is 0 Å². The number of alkyl halides is 2. The van der Waals surface area contributed by atoms with Gasteiger partial charge in [-0.3, -0.25) is 4.79 Å². The van der Waals surface area contributed by atoms with Crippen molar-refractivity contribution in [2.45, 2.75) is 6.05 Å². The summed E-state index contributed by atoms with van der Waals surface area (Å²) in [7, 11) is 0. The van der Waals surface area contributed by atoms with Gasteiger partial charge in [0.2, 0.25) is 6.29 Å². The predicted molar refractivity (Wildman–Crippen MR) is 33.4 cm³/mol. The summed E-state index contributed by atoms with van der Waals surface area (Å²) in [6.07, 6.45) is -0.335. The van der Waals surface area contributed by atoms with Gasteiger partial charge in [-0.05, 0) is 0 Å². The third kappa shape index (κ3) is 1.94. The number of hydrogen-bond acceptors (Lipinski definition) is 3. The second-order valence-electron chi connectivity index (χ2n) is 2.31. The van der Waals surface area contributed by atoms with Gasteiger partial charge in [0, 0.05) is 13.1 Å². The molecule has 5 heteroatoms. The van der Waals surface area contributed by atoms with Crippen LogP contribution in [0.5, 0.6) is 0 Å². The van der Waals surface area contributed by atoms with Crippen molar-refractivity contribution in [2.75, 3.05) is 26.3 Å². The lowest BCUT2D eigenvalue weighted by molar-refractivity contribution is -0.174. The molecule has 0 unspecified atom stereocenters. The van der Waals surface area contributed by atoms with Crippen molar-refractivity contribution in [1.29, 1.82) is 0 Å². The molecule has 0 saturated carbocycles. The van der Waals surface area contributed by atoms with Crippen LogP contribution in [0.2, 0.25) is 0 Å². The van der Waals surface area contributed by atoms with Crippen molar-refractivity contribution in [3.05, 3.63) is 0 Å². The predicted octanol–water partition coefficient (Wildman–Crippen LogP) is 0.110. The normalized spacial score (nSPS) is 21.6. The molecule has 0 aromatic carbocycles. The van der Waals surface area contributed by atoms with E-state index in [2.05, 4.69) is 0 Å². The maximum atomic E-state index is 12.5. The molecule has 64 valence electrons. The van der Waals surface area contributed by atoms with Crippen LogP contribution in [0.4, 0.5) is 8.78 Å². The Balaban J connectivity index is 2.50. The number of ether oxygens (including phenoxy) is 1. The monoisotopic (exact) mass is 165 g/mol. The standard InChI is InChI=1S/C6H9F2NO2/c7-6(8,5-10)9-1-3-11-4-2-9/h5H,1-4H2. The van der Waals surface area contributed by atoms with Crippen LogP contribution < -0.4 is 0 Å². The van der Waals surface area contributed by atoms with Gasteiger partial charge in [0.05, 0.1) is 13.2 Å². The first-order chi connectivity index (χ1) is 5.17. The minimum absolute atomic E-state index is 0.117. The summed E-state index contributed by atoms with van der Waals surface area (Å²) in [5.41, 5.74) is 0. The summed E-state index contributed by atoms with van der Waals surface area (Å²) in [5.74, 6) is 0. The molecule has 0 bridgehead atoms. The van der Waals surface area contributed by atoms with E-state index in [0.717, 1.165) is 4.90 Å². The Bertz CT molecular complexity index is 146. The molecule has 0 amide bonds. The maximum Gasteiger partial charge on any atom is 0.361 e. The van der Waals surface area contributed by atoms with E-state index >= 15 is 0 Å². The van der Waals surface area contributed by atoms with Crippen molar-refractivity contribution >= 4 is 6.29 Å². The number of rotatable bonds is 2. The molecule has 0 N–H and O–H groups in total. The number of aldehydes is 1. The van der Waals surface area contributed by atoms with Crippen molar-refractivity contribution in [3.63, 3.8) is 0 Å². The van der Waals surface area contributed by atoms with Crippen molar-refractivity contribution < 1.29 is 18.3 Å². The van der Waals surface area contributed by atoms with E-state index in [-0.39, 0.29) is 32.6 Å². The summed E-state index contributed by atoms with van der Waals surface area (Å²) in [6.45, 7) is 0.768. The number of nitrogens with zero attached hydrogens (tertiary/aromatic N) is 1. The summed E-state index contributed by atoms with van der Waals surface area (Å²) >= 11 is 0. The van der Waals surface area contributed by atoms with Gasteiger partial charge in [-0.15, -0.1) is 0 Å². The zero-order valence-corrected chi connectivity index (χ0v) is 5.93. The van der Waals surface area contributed by atoms with E-state index in [4.69, 9.17) is 4.74 Å². The first kappa shape index (κ1) is 8.55. The maximum absolute atomic E-state index is 12.5. The molecule has 0 spiro atoms. The fourth-order valence-electron chi connectivity index (χ4n) is 0.936. The van der Waals surface area contributed by atoms with E-state index in [1.165, 1.54) is 0 Å². The molecule has 0 radical (unpaired) electrons. The lowest BCUT2D eigenvalue weighted by Crippen LogP contribution is -2.49. The average molecular weight is 165 g/mol. The number of halogens is 2. The van der Waals surface area contributed by atoms with Gasteiger partial charge in [-0.2, -0.15) is 8.78 Å². The van der Waals surface area contributed by atoms with Crippen LogP contribution in [-0.2, 0) is 9.53 Å². The van der Waals surface area contributed by atoms with Crippen LogP contribution in [0.1, 0.15) is 0 Å². The summed E-state index contributed by atoms with van der Waals surface area (Å²) in [4.78, 5) is 10.7. The molecule has 1 rings (SSSR count). The lowest BCUT2D eigenvalue weighted by atomic mass is 10.4. The highest BCUT2D eigenvalue weighted by molar-refractivity contribution is 5.58. The molecule has 3 nitrogen and oxygen atoms in total. The molecule has 0 aliphatic carbocycles. The third-order valence-electron chi connectivity index (χ3n) is 1.57. The van der Waals surface area contributed by atoms with E-state index in [1.54, 1.807) is 0 Å². The Kier molecular flexibility index (Phi) is 2.51. The van der Waals surface area contributed by atoms with Gasteiger partial charge in [0.1, 0.15) is 0 Å². The Morgan fingerprint density at radius 1 is 1.36 bits per heavy atom. The first-order valence-electron chi connectivity index (χ1n) is 3.34. The fraction of sp³-hybridized carbons (Fsp3) is 0.833. The first-order valence-corrected chi connectivity index (χ1v) is 3.34. The minimum Gasteiger partial charge on any atom is -0.379 e. The zero-order chi connectivity index (χ0) is 8.32. The quantitative estimate of drug-likeness (QED) is 0.429. The van der Waals surface area contributed by atoms with Crippen molar-refractivity contribution in [3.8, 4) is 0 Å². The van der Waals surface area contributed by atoms with E-state index in [9.17, 15) is 13.6 Å². The van der Waals surface area contributed by atoms with Crippen LogP contribution >= 0.6 is 0 Å². The number of carbonyl (C=O) groups is 1. The van der Waals surface area contributed by atoms with Crippen molar-refractivity contribution in [2.24, 2.45) is 0 Å². The summed E-state index contributed by atoms with van der Waals surface area (Å²) in [5, 5.41) is 0.